The molecule has 0 saturated heterocycles. The van der Waals surface area contributed by atoms with Crippen LogP contribution in [0.5, 0.6) is 0 Å². The molecule has 18 heavy (non-hydrogen) atoms. The van der Waals surface area contributed by atoms with E-state index in [2.05, 4.69) is 5.10 Å². The summed E-state index contributed by atoms with van der Waals surface area (Å²) in [4.78, 5) is 0. The molecule has 0 bridgehead atoms. The van der Waals surface area contributed by atoms with Crippen LogP contribution in [-0.4, -0.2) is 30.2 Å². The molecule has 2 rings (SSSR count). The molecule has 96 valence electrons. The zero-order valence-corrected chi connectivity index (χ0v) is 10.9. The second-order valence-electron chi connectivity index (χ2n) is 4.17. The first-order valence-corrected chi connectivity index (χ1v) is 7.58. The number of nitrogens with two attached hydrogens (primary N) is 1. The molecule has 0 spiro atoms. The number of rotatable bonds is 4. The van der Waals surface area contributed by atoms with Crippen LogP contribution in [-0.2, 0) is 16.4 Å². The molecular weight excluding hydrogens is 250 g/mol. The molecular formula is C12H15N3O2S. The quantitative estimate of drug-likeness (QED) is 0.900. The van der Waals surface area contributed by atoms with Crippen molar-refractivity contribution in [2.24, 2.45) is 0 Å². The maximum absolute atomic E-state index is 11.1. The van der Waals surface area contributed by atoms with Crippen molar-refractivity contribution in [3.05, 3.63) is 36.4 Å². The molecule has 6 heteroatoms. The molecule has 0 radical (unpaired) electrons. The van der Waals surface area contributed by atoms with Crippen LogP contribution in [0.2, 0.25) is 0 Å². The number of benzene rings is 1. The largest absolute Gasteiger partial charge is 0.384 e. The third kappa shape index (κ3) is 3.10. The molecule has 0 aliphatic heterocycles. The Morgan fingerprint density at radius 1 is 1.28 bits per heavy atom. The molecule has 0 unspecified atom stereocenters. The summed E-state index contributed by atoms with van der Waals surface area (Å²) in [6.45, 7) is 0.275. The lowest BCUT2D eigenvalue weighted by Crippen LogP contribution is -2.13. The summed E-state index contributed by atoms with van der Waals surface area (Å²) in [5.41, 5.74) is 7.53. The first-order chi connectivity index (χ1) is 8.46. The van der Waals surface area contributed by atoms with Gasteiger partial charge in [0.15, 0.2) is 0 Å². The second kappa shape index (κ2) is 4.81. The van der Waals surface area contributed by atoms with E-state index in [1.54, 1.807) is 6.07 Å². The van der Waals surface area contributed by atoms with Crippen LogP contribution in [0.3, 0.4) is 0 Å². The third-order valence-electron chi connectivity index (χ3n) is 2.55. The van der Waals surface area contributed by atoms with E-state index in [0.29, 0.717) is 5.82 Å². The highest BCUT2D eigenvalue weighted by molar-refractivity contribution is 7.90. The fraction of sp³-hybridized carbons (Fsp3) is 0.250. The van der Waals surface area contributed by atoms with Crippen molar-refractivity contribution >= 4 is 15.7 Å². The molecule has 1 aromatic carbocycles. The summed E-state index contributed by atoms with van der Waals surface area (Å²) >= 11 is 0. The summed E-state index contributed by atoms with van der Waals surface area (Å²) in [5, 5.41) is 4.31. The maximum Gasteiger partial charge on any atom is 0.149 e. The summed E-state index contributed by atoms with van der Waals surface area (Å²) < 4.78 is 23.7. The van der Waals surface area contributed by atoms with Gasteiger partial charge in [-0.25, -0.2) is 13.1 Å². The average molecular weight is 265 g/mol. The van der Waals surface area contributed by atoms with Gasteiger partial charge in [0.05, 0.1) is 18.0 Å². The summed E-state index contributed by atoms with van der Waals surface area (Å²) in [7, 11) is -3.01. The van der Waals surface area contributed by atoms with Gasteiger partial charge in [-0.1, -0.05) is 30.3 Å². The Morgan fingerprint density at radius 3 is 2.56 bits per heavy atom. The van der Waals surface area contributed by atoms with Crippen LogP contribution < -0.4 is 5.73 Å². The number of aryl methyl sites for hydroxylation is 1. The molecule has 1 heterocycles. The summed E-state index contributed by atoms with van der Waals surface area (Å²) in [6.07, 6.45) is 1.20. The van der Waals surface area contributed by atoms with Crippen molar-refractivity contribution < 1.29 is 8.42 Å². The monoisotopic (exact) mass is 265 g/mol. The van der Waals surface area contributed by atoms with Crippen LogP contribution in [0.15, 0.2) is 36.4 Å². The average Bonchev–Trinajstić information content (AvgIpc) is 2.68. The van der Waals surface area contributed by atoms with Crippen LogP contribution >= 0.6 is 0 Å². The SMILES string of the molecule is CS(=O)(=O)CCn1nc(-c2ccccc2)cc1N. The lowest BCUT2D eigenvalue weighted by atomic mass is 10.2. The lowest BCUT2D eigenvalue weighted by Gasteiger charge is -2.02. The van der Waals surface area contributed by atoms with Crippen LogP contribution in [0.1, 0.15) is 0 Å². The van der Waals surface area contributed by atoms with Gasteiger partial charge in [0.25, 0.3) is 0 Å². The van der Waals surface area contributed by atoms with E-state index in [4.69, 9.17) is 5.73 Å². The number of anilines is 1. The van der Waals surface area contributed by atoms with Crippen LogP contribution in [0.25, 0.3) is 11.3 Å². The fourth-order valence-corrected chi connectivity index (χ4v) is 2.12. The second-order valence-corrected chi connectivity index (χ2v) is 6.43. The Hall–Kier alpha value is -1.82. The number of sulfone groups is 1. The number of hydrogen-bond acceptors (Lipinski definition) is 4. The first kappa shape index (κ1) is 12.6. The van der Waals surface area contributed by atoms with Crippen molar-refractivity contribution in [2.45, 2.75) is 6.54 Å². The van der Waals surface area contributed by atoms with Gasteiger partial charge in [-0.3, -0.25) is 0 Å². The molecule has 5 nitrogen and oxygen atoms in total. The van der Waals surface area contributed by atoms with E-state index < -0.39 is 9.84 Å². The number of nitrogen functional groups attached to an aromatic ring is 1. The van der Waals surface area contributed by atoms with Crippen LogP contribution in [0.4, 0.5) is 5.82 Å². The van der Waals surface area contributed by atoms with E-state index in [-0.39, 0.29) is 12.3 Å². The minimum Gasteiger partial charge on any atom is -0.384 e. The van der Waals surface area contributed by atoms with E-state index >= 15 is 0 Å². The minimum absolute atomic E-state index is 0.0348. The van der Waals surface area contributed by atoms with Crippen molar-refractivity contribution in [3.8, 4) is 11.3 Å². The molecule has 0 aliphatic carbocycles. The highest BCUT2D eigenvalue weighted by atomic mass is 32.2. The highest BCUT2D eigenvalue weighted by Crippen LogP contribution is 2.19. The van der Waals surface area contributed by atoms with Gasteiger partial charge in [-0.2, -0.15) is 5.10 Å². The topological polar surface area (TPSA) is 78.0 Å². The minimum atomic E-state index is -3.01. The Labute approximate surface area is 106 Å². The Kier molecular flexibility index (Phi) is 3.38. The summed E-state index contributed by atoms with van der Waals surface area (Å²) in [5.74, 6) is 0.505. The van der Waals surface area contributed by atoms with Gasteiger partial charge in [0.1, 0.15) is 15.7 Å². The molecule has 0 aliphatic rings. The highest BCUT2D eigenvalue weighted by Gasteiger charge is 2.09. The number of aromatic nitrogens is 2. The Balaban J connectivity index is 2.23. The Bertz CT molecular complexity index is 633. The predicted octanol–water partition coefficient (Wildman–Crippen LogP) is 1.18. The molecule has 1 aromatic heterocycles. The maximum atomic E-state index is 11.1. The first-order valence-electron chi connectivity index (χ1n) is 5.52. The lowest BCUT2D eigenvalue weighted by molar-refractivity contribution is 0.588. The van der Waals surface area contributed by atoms with E-state index in [1.165, 1.54) is 10.9 Å². The smallest absolute Gasteiger partial charge is 0.149 e. The summed E-state index contributed by atoms with van der Waals surface area (Å²) in [6, 6.07) is 11.4. The number of hydrogen-bond donors (Lipinski definition) is 1. The van der Waals surface area contributed by atoms with E-state index in [0.717, 1.165) is 11.3 Å². The van der Waals surface area contributed by atoms with Gasteiger partial charge in [0, 0.05) is 17.9 Å². The number of nitrogens with zero attached hydrogens (tertiary/aromatic N) is 2. The fourth-order valence-electron chi connectivity index (χ4n) is 1.61. The molecule has 0 fully saturated rings. The van der Waals surface area contributed by atoms with Gasteiger partial charge >= 0.3 is 0 Å². The molecule has 2 N–H and O–H groups in total. The van der Waals surface area contributed by atoms with E-state index in [1.807, 2.05) is 30.3 Å². The van der Waals surface area contributed by atoms with Crippen molar-refractivity contribution in [3.63, 3.8) is 0 Å². The molecule has 0 saturated carbocycles. The van der Waals surface area contributed by atoms with Gasteiger partial charge < -0.3 is 5.73 Å². The zero-order valence-electron chi connectivity index (χ0n) is 10.1. The zero-order chi connectivity index (χ0) is 13.2. The van der Waals surface area contributed by atoms with E-state index in [9.17, 15) is 8.42 Å². The third-order valence-corrected chi connectivity index (χ3v) is 3.48. The Morgan fingerprint density at radius 2 is 1.94 bits per heavy atom. The normalized spacial score (nSPS) is 11.6. The predicted molar refractivity (Wildman–Crippen MR) is 71.8 cm³/mol. The van der Waals surface area contributed by atoms with Crippen LogP contribution in [0, 0.1) is 0 Å². The molecule has 0 atom stereocenters. The standard InChI is InChI=1S/C12H15N3O2S/c1-18(16,17)8-7-15-12(13)9-11(14-15)10-5-3-2-4-6-10/h2-6,9H,7-8,13H2,1H3. The van der Waals surface area contributed by atoms with Gasteiger partial charge in [-0.05, 0) is 0 Å². The molecule has 2 aromatic rings. The van der Waals surface area contributed by atoms with Crippen molar-refractivity contribution in [1.82, 2.24) is 9.78 Å². The van der Waals surface area contributed by atoms with Gasteiger partial charge in [0.2, 0.25) is 0 Å². The van der Waals surface area contributed by atoms with Crippen molar-refractivity contribution in [1.29, 1.82) is 0 Å². The van der Waals surface area contributed by atoms with Gasteiger partial charge in [-0.15, -0.1) is 0 Å². The van der Waals surface area contributed by atoms with Crippen molar-refractivity contribution in [2.75, 3.05) is 17.7 Å². The molecule has 0 amide bonds.